The minimum atomic E-state index is -3.57. The van der Waals surface area contributed by atoms with Crippen molar-refractivity contribution in [3.8, 4) is 0 Å². The molecule has 6 atom stereocenters. The highest BCUT2D eigenvalue weighted by Gasteiger charge is 2.41. The Labute approximate surface area is 165 Å². The molecule has 3 fully saturated rings. The lowest BCUT2D eigenvalue weighted by atomic mass is 9.85. The smallest absolute Gasteiger partial charge is 0.235 e. The minimum Gasteiger partial charge on any atom is -0.373 e. The van der Waals surface area contributed by atoms with Gasteiger partial charge in [0.2, 0.25) is 5.91 Å². The van der Waals surface area contributed by atoms with Gasteiger partial charge in [-0.25, -0.2) is 12.8 Å². The first-order valence-corrected chi connectivity index (χ1v) is 12.1. The second kappa shape index (κ2) is 9.37. The zero-order valence-corrected chi connectivity index (χ0v) is 17.0. The number of sulfone groups is 1. The van der Waals surface area contributed by atoms with Crippen LogP contribution in [0.1, 0.15) is 38.5 Å². The molecule has 0 aromatic carbocycles. The van der Waals surface area contributed by atoms with E-state index >= 15 is 0 Å². The number of hydrogen-bond donors (Lipinski definition) is 1. The predicted molar refractivity (Wildman–Crippen MR) is 100 cm³/mol. The molecule has 9 heteroatoms. The summed E-state index contributed by atoms with van der Waals surface area (Å²) in [7, 11) is -3.57. The molecule has 2 aliphatic carbocycles. The molecular formula is C18H29ClFNO5S. The molecule has 2 saturated carbocycles. The first-order valence-electron chi connectivity index (χ1n) is 9.82. The molecule has 3 rings (SSSR count). The molecule has 1 saturated heterocycles. The molecular weight excluding hydrogens is 397 g/mol. The van der Waals surface area contributed by atoms with E-state index in [0.717, 1.165) is 19.3 Å². The topological polar surface area (TPSA) is 81.7 Å². The maximum absolute atomic E-state index is 13.8. The number of nitrogens with one attached hydrogen (secondary N) is 1. The fourth-order valence-corrected chi connectivity index (χ4v) is 6.54. The highest BCUT2D eigenvalue weighted by Crippen LogP contribution is 2.34. The number of rotatable bonds is 6. The number of carbonyl (C=O) groups is 1. The highest BCUT2D eigenvalue weighted by molar-refractivity contribution is 7.92. The van der Waals surface area contributed by atoms with Crippen LogP contribution in [0.25, 0.3) is 0 Å². The van der Waals surface area contributed by atoms with Gasteiger partial charge in [0.05, 0.1) is 30.4 Å². The molecule has 0 bridgehead atoms. The van der Waals surface area contributed by atoms with Crippen molar-refractivity contribution < 1.29 is 27.1 Å². The molecule has 0 aromatic heterocycles. The molecule has 0 radical (unpaired) electrons. The summed E-state index contributed by atoms with van der Waals surface area (Å²) in [5.74, 6) is -1.57. The molecule has 1 N–H and O–H groups in total. The van der Waals surface area contributed by atoms with Crippen molar-refractivity contribution in [2.45, 2.75) is 62.3 Å². The summed E-state index contributed by atoms with van der Waals surface area (Å²) in [5.41, 5.74) is 0. The molecule has 6 nitrogen and oxygen atoms in total. The first-order chi connectivity index (χ1) is 12.8. The van der Waals surface area contributed by atoms with Gasteiger partial charge in [-0.05, 0) is 31.6 Å². The number of ether oxygens (including phenoxy) is 2. The number of hydrogen-bond acceptors (Lipinski definition) is 5. The van der Waals surface area contributed by atoms with E-state index < -0.39 is 27.7 Å². The summed E-state index contributed by atoms with van der Waals surface area (Å²) >= 11 is 6.35. The molecule has 0 spiro atoms. The summed E-state index contributed by atoms with van der Waals surface area (Å²) in [6.07, 6.45) is 2.90. The SMILES string of the molecule is O=C(CS(=O)(=O)CC1CC(Cl)C2OCCOC2C1)NCC1CCCCC1F. The van der Waals surface area contributed by atoms with E-state index in [1.165, 1.54) is 0 Å². The van der Waals surface area contributed by atoms with Gasteiger partial charge >= 0.3 is 0 Å². The zero-order chi connectivity index (χ0) is 19.4. The average Bonchev–Trinajstić information content (AvgIpc) is 2.60. The molecule has 1 amide bonds. The van der Waals surface area contributed by atoms with Gasteiger partial charge in [-0.2, -0.15) is 0 Å². The standard InChI is InChI=1S/C18H29ClFNO5S/c19-14-7-12(8-16-18(14)26-6-5-25-16)10-27(23,24)11-17(22)21-9-13-3-1-2-4-15(13)20/h12-16,18H,1-11H2,(H,21,22). The maximum Gasteiger partial charge on any atom is 0.235 e. The van der Waals surface area contributed by atoms with Gasteiger partial charge in [0.15, 0.2) is 9.84 Å². The number of halogens is 2. The van der Waals surface area contributed by atoms with Crippen LogP contribution in [0.5, 0.6) is 0 Å². The Balaban J connectivity index is 1.45. The van der Waals surface area contributed by atoms with Gasteiger partial charge in [0.1, 0.15) is 18.0 Å². The van der Waals surface area contributed by atoms with Crippen molar-refractivity contribution >= 4 is 27.3 Å². The van der Waals surface area contributed by atoms with E-state index in [0.29, 0.717) is 32.5 Å². The number of fused-ring (bicyclic) bond motifs is 1. The minimum absolute atomic E-state index is 0.0919. The van der Waals surface area contributed by atoms with Crippen LogP contribution in [-0.2, 0) is 24.1 Å². The average molecular weight is 426 g/mol. The monoisotopic (exact) mass is 425 g/mol. The number of alkyl halides is 2. The third-order valence-corrected chi connectivity index (χ3v) is 7.90. The van der Waals surface area contributed by atoms with E-state index in [9.17, 15) is 17.6 Å². The van der Waals surface area contributed by atoms with Gasteiger partial charge in [-0.1, -0.05) is 12.8 Å². The van der Waals surface area contributed by atoms with E-state index in [2.05, 4.69) is 5.32 Å². The molecule has 1 aliphatic heterocycles. The van der Waals surface area contributed by atoms with Crippen LogP contribution in [0.2, 0.25) is 0 Å². The van der Waals surface area contributed by atoms with Gasteiger partial charge in [0.25, 0.3) is 0 Å². The molecule has 27 heavy (non-hydrogen) atoms. The lowest BCUT2D eigenvalue weighted by Crippen LogP contribution is -2.50. The predicted octanol–water partition coefficient (Wildman–Crippen LogP) is 1.85. The fraction of sp³-hybridized carbons (Fsp3) is 0.944. The van der Waals surface area contributed by atoms with Crippen LogP contribution >= 0.6 is 11.6 Å². The quantitative estimate of drug-likeness (QED) is 0.657. The second-order valence-corrected chi connectivity index (χ2v) is 10.7. The van der Waals surface area contributed by atoms with Crippen LogP contribution < -0.4 is 5.32 Å². The van der Waals surface area contributed by atoms with Gasteiger partial charge in [0, 0.05) is 12.5 Å². The number of amides is 1. The Morgan fingerprint density at radius 1 is 1.15 bits per heavy atom. The molecule has 1 heterocycles. The lowest BCUT2D eigenvalue weighted by Gasteiger charge is -2.41. The molecule has 0 aromatic rings. The third kappa shape index (κ3) is 6.02. The number of carbonyl (C=O) groups excluding carboxylic acids is 1. The molecule has 156 valence electrons. The van der Waals surface area contributed by atoms with Crippen molar-refractivity contribution in [2.75, 3.05) is 31.3 Å². The highest BCUT2D eigenvalue weighted by atomic mass is 35.5. The van der Waals surface area contributed by atoms with Crippen molar-refractivity contribution in [2.24, 2.45) is 11.8 Å². The van der Waals surface area contributed by atoms with Crippen LogP contribution in [-0.4, -0.2) is 69.3 Å². The Kier molecular flexibility index (Phi) is 7.38. The Morgan fingerprint density at radius 2 is 1.89 bits per heavy atom. The third-order valence-electron chi connectivity index (χ3n) is 5.79. The first kappa shape index (κ1) is 21.3. The van der Waals surface area contributed by atoms with E-state index in [1.54, 1.807) is 0 Å². The Bertz CT molecular complexity index is 619. The van der Waals surface area contributed by atoms with Gasteiger partial charge in [-0.3, -0.25) is 4.79 Å². The largest absolute Gasteiger partial charge is 0.373 e. The Hall–Kier alpha value is -0.440. The lowest BCUT2D eigenvalue weighted by molar-refractivity contribution is -0.158. The second-order valence-electron chi connectivity index (χ2n) is 8.02. The molecule has 3 aliphatic rings. The van der Waals surface area contributed by atoms with Crippen LogP contribution in [0.15, 0.2) is 0 Å². The van der Waals surface area contributed by atoms with Crippen molar-refractivity contribution in [3.63, 3.8) is 0 Å². The summed E-state index contributed by atoms with van der Waals surface area (Å²) < 4.78 is 50.0. The van der Waals surface area contributed by atoms with Gasteiger partial charge in [-0.15, -0.1) is 11.6 Å². The Morgan fingerprint density at radius 3 is 2.67 bits per heavy atom. The normalized spacial score (nSPS) is 37.4. The van der Waals surface area contributed by atoms with E-state index in [1.807, 2.05) is 0 Å². The van der Waals surface area contributed by atoms with Crippen LogP contribution in [0.3, 0.4) is 0 Å². The van der Waals surface area contributed by atoms with E-state index in [-0.39, 0.29) is 41.7 Å². The summed E-state index contributed by atoms with van der Waals surface area (Å²) in [6.45, 7) is 1.20. The maximum atomic E-state index is 13.8. The van der Waals surface area contributed by atoms with Gasteiger partial charge < -0.3 is 14.8 Å². The van der Waals surface area contributed by atoms with Crippen LogP contribution in [0, 0.1) is 11.8 Å². The summed E-state index contributed by atoms with van der Waals surface area (Å²) in [5, 5.41) is 2.32. The van der Waals surface area contributed by atoms with Crippen molar-refractivity contribution in [3.05, 3.63) is 0 Å². The van der Waals surface area contributed by atoms with Crippen molar-refractivity contribution in [1.29, 1.82) is 0 Å². The van der Waals surface area contributed by atoms with Crippen molar-refractivity contribution in [1.82, 2.24) is 5.32 Å². The molecule has 6 unspecified atom stereocenters. The summed E-state index contributed by atoms with van der Waals surface area (Å²) in [4.78, 5) is 12.1. The zero-order valence-electron chi connectivity index (χ0n) is 15.4. The van der Waals surface area contributed by atoms with Crippen LogP contribution in [0.4, 0.5) is 4.39 Å². The van der Waals surface area contributed by atoms with E-state index in [4.69, 9.17) is 21.1 Å². The summed E-state index contributed by atoms with van der Waals surface area (Å²) in [6, 6.07) is 0. The fourth-order valence-electron chi connectivity index (χ4n) is 4.44.